The first kappa shape index (κ1) is 40.4. The fourth-order valence-electron chi connectivity index (χ4n) is 10.0. The minimum atomic E-state index is -3.51. The Labute approximate surface area is 367 Å². The van der Waals surface area contributed by atoms with Crippen LogP contribution in [-0.4, -0.2) is 132 Å². The summed E-state index contributed by atoms with van der Waals surface area (Å²) in [4.78, 5) is 72.3. The summed E-state index contributed by atoms with van der Waals surface area (Å²) < 4.78 is 44.0. The van der Waals surface area contributed by atoms with Gasteiger partial charge in [0.15, 0.2) is 11.6 Å². The topological polar surface area (TPSA) is 214 Å². The molecule has 64 heavy (non-hydrogen) atoms. The molecule has 332 valence electrons. The van der Waals surface area contributed by atoms with E-state index in [1.807, 2.05) is 21.8 Å². The molecule has 6 fully saturated rings. The lowest BCUT2D eigenvalue weighted by atomic mass is 9.84. The first-order valence-electron chi connectivity index (χ1n) is 21.9. The molecule has 21 heteroatoms. The Hall–Kier alpha value is -6.35. The SMILES string of the molecule is CC(C)n1nc(N2CCC(CN3C4CC3CN(c3cc5c(cc3F)C(=O)N(C3CCC(=O)NC3=O)C5=O)C4)CC2)c2cnc(Nc3ccnc(-c4cnn(S(=O)(=O)C5CC5)c4)n3)cc21. The summed E-state index contributed by atoms with van der Waals surface area (Å²) in [5.74, 6) is -0.299. The Morgan fingerprint density at radius 1 is 0.906 bits per heavy atom. The summed E-state index contributed by atoms with van der Waals surface area (Å²) in [7, 11) is -3.51. The number of nitrogens with zero attached hydrogens (tertiary/aromatic N) is 11. The van der Waals surface area contributed by atoms with Crippen LogP contribution in [0.5, 0.6) is 0 Å². The largest absolute Gasteiger partial charge is 0.366 e. The molecule has 3 unspecified atom stereocenters. The summed E-state index contributed by atoms with van der Waals surface area (Å²) in [5, 5.41) is 15.2. The lowest BCUT2D eigenvalue weighted by Gasteiger charge is -2.58. The normalized spacial score (nSPS) is 23.0. The van der Waals surface area contributed by atoms with Crippen molar-refractivity contribution < 1.29 is 32.0 Å². The van der Waals surface area contributed by atoms with E-state index in [1.165, 1.54) is 18.5 Å². The van der Waals surface area contributed by atoms with Crippen LogP contribution < -0.4 is 20.4 Å². The van der Waals surface area contributed by atoms with Crippen LogP contribution >= 0.6 is 0 Å². The zero-order valence-electron chi connectivity index (χ0n) is 35.2. The van der Waals surface area contributed by atoms with E-state index in [0.29, 0.717) is 54.9 Å². The van der Waals surface area contributed by atoms with E-state index < -0.39 is 45.5 Å². The Kier molecular flexibility index (Phi) is 9.56. The summed E-state index contributed by atoms with van der Waals surface area (Å²) in [6, 6.07) is 5.73. The fraction of sp³-hybridized carbons (Fsp3) is 0.465. The van der Waals surface area contributed by atoms with Crippen LogP contribution in [0, 0.1) is 11.7 Å². The summed E-state index contributed by atoms with van der Waals surface area (Å²) in [5.41, 5.74) is 1.73. The van der Waals surface area contributed by atoms with Crippen LogP contribution in [0.3, 0.4) is 0 Å². The number of aromatic nitrogens is 7. The van der Waals surface area contributed by atoms with Crippen LogP contribution in [0.25, 0.3) is 22.3 Å². The summed E-state index contributed by atoms with van der Waals surface area (Å²) in [6.45, 7) is 8.02. The molecule has 0 radical (unpaired) electrons. The van der Waals surface area contributed by atoms with Gasteiger partial charge in [-0.05, 0) is 76.5 Å². The average molecular weight is 892 g/mol. The minimum absolute atomic E-state index is 0.0136. The second kappa shape index (κ2) is 15.1. The van der Waals surface area contributed by atoms with E-state index in [0.717, 1.165) is 70.7 Å². The van der Waals surface area contributed by atoms with Gasteiger partial charge in [0.2, 0.25) is 11.8 Å². The molecule has 3 atom stereocenters. The molecule has 6 aliphatic heterocycles. The molecule has 7 aliphatic rings. The van der Waals surface area contributed by atoms with Gasteiger partial charge in [0.05, 0.1) is 50.9 Å². The first-order chi connectivity index (χ1) is 30.8. The number of hydrogen-bond acceptors (Lipinski definition) is 15. The number of nitrogens with one attached hydrogen (secondary N) is 2. The molecular formula is C43H46FN13O6S. The second-order valence-corrected chi connectivity index (χ2v) is 20.1. The van der Waals surface area contributed by atoms with Crippen molar-refractivity contribution in [2.75, 3.05) is 47.8 Å². The average Bonchev–Trinajstić information content (AvgIpc) is 3.83. The van der Waals surface area contributed by atoms with Gasteiger partial charge in [-0.3, -0.25) is 39.0 Å². The fourth-order valence-corrected chi connectivity index (χ4v) is 11.5. The Balaban J connectivity index is 0.723. The lowest BCUT2D eigenvalue weighted by molar-refractivity contribution is -0.136. The highest BCUT2D eigenvalue weighted by atomic mass is 32.2. The van der Waals surface area contributed by atoms with Crippen molar-refractivity contribution in [3.63, 3.8) is 0 Å². The van der Waals surface area contributed by atoms with Crippen molar-refractivity contribution in [2.24, 2.45) is 5.92 Å². The van der Waals surface area contributed by atoms with E-state index in [1.54, 1.807) is 12.3 Å². The molecule has 4 amide bonds. The molecule has 10 heterocycles. The molecule has 5 saturated heterocycles. The maximum absolute atomic E-state index is 15.7. The van der Waals surface area contributed by atoms with E-state index >= 15 is 4.39 Å². The van der Waals surface area contributed by atoms with Gasteiger partial charge >= 0.3 is 0 Å². The molecule has 4 aromatic heterocycles. The number of carbonyl (C=O) groups excluding carboxylic acids is 4. The van der Waals surface area contributed by atoms with Gasteiger partial charge in [-0.1, -0.05) is 0 Å². The highest BCUT2D eigenvalue weighted by molar-refractivity contribution is 7.90. The first-order valence-corrected chi connectivity index (χ1v) is 23.4. The Morgan fingerprint density at radius 3 is 2.38 bits per heavy atom. The zero-order chi connectivity index (χ0) is 44.2. The van der Waals surface area contributed by atoms with Crippen molar-refractivity contribution in [3.05, 3.63) is 66.0 Å². The number of halogens is 1. The number of piperidine rings is 3. The molecule has 1 saturated carbocycles. The quantitative estimate of drug-likeness (QED) is 0.182. The van der Waals surface area contributed by atoms with E-state index in [4.69, 9.17) is 10.1 Å². The molecule has 19 nitrogen and oxygen atoms in total. The van der Waals surface area contributed by atoms with Gasteiger partial charge in [0, 0.05) is 75.7 Å². The molecule has 5 aromatic rings. The predicted octanol–water partition coefficient (Wildman–Crippen LogP) is 3.47. The van der Waals surface area contributed by atoms with Gasteiger partial charge < -0.3 is 15.1 Å². The molecule has 1 aliphatic carbocycles. The number of pyridine rings is 1. The smallest absolute Gasteiger partial charge is 0.262 e. The van der Waals surface area contributed by atoms with Crippen molar-refractivity contribution in [3.8, 4) is 11.4 Å². The van der Waals surface area contributed by atoms with Crippen molar-refractivity contribution in [2.45, 2.75) is 88.2 Å². The van der Waals surface area contributed by atoms with Crippen LogP contribution in [0.15, 0.2) is 49.1 Å². The van der Waals surface area contributed by atoms with Crippen molar-refractivity contribution in [1.29, 1.82) is 0 Å². The van der Waals surface area contributed by atoms with Gasteiger partial charge in [0.25, 0.3) is 21.8 Å². The van der Waals surface area contributed by atoms with E-state index in [9.17, 15) is 27.6 Å². The number of benzene rings is 1. The highest BCUT2D eigenvalue weighted by Gasteiger charge is 2.48. The highest BCUT2D eigenvalue weighted by Crippen LogP contribution is 2.40. The lowest BCUT2D eigenvalue weighted by Crippen LogP contribution is -2.69. The second-order valence-electron chi connectivity index (χ2n) is 18.1. The third kappa shape index (κ3) is 6.86. The van der Waals surface area contributed by atoms with Gasteiger partial charge in [-0.15, -0.1) is 0 Å². The summed E-state index contributed by atoms with van der Waals surface area (Å²) in [6.07, 6.45) is 10.7. The van der Waals surface area contributed by atoms with E-state index in [2.05, 4.69) is 49.3 Å². The number of fused-ring (bicyclic) bond motifs is 4. The number of imide groups is 2. The molecular weight excluding hydrogens is 846 g/mol. The number of anilines is 4. The number of piperazine rings is 1. The number of amides is 4. The third-order valence-electron chi connectivity index (χ3n) is 13.6. The van der Waals surface area contributed by atoms with Gasteiger partial charge in [0.1, 0.15) is 23.5 Å². The van der Waals surface area contributed by atoms with Crippen LogP contribution in [0.2, 0.25) is 0 Å². The molecule has 2 bridgehead atoms. The summed E-state index contributed by atoms with van der Waals surface area (Å²) >= 11 is 0. The van der Waals surface area contributed by atoms with Crippen LogP contribution in [0.1, 0.15) is 85.6 Å². The third-order valence-corrected chi connectivity index (χ3v) is 15.6. The predicted molar refractivity (Wildman–Crippen MR) is 231 cm³/mol. The Bertz CT molecular complexity index is 2880. The standard InChI is InChI=1S/C43H46FN13O6S/c1-23(2)57-34-16-37(48-36-7-10-45-39(49-36)25-17-47-55(20-25)64(62,63)28-3-4-28)46-18-31(34)40(51-57)52-11-8-24(9-12-52)19-54-26-13-27(54)22-53(21-26)35-15-30-29(14-32(35)44)42(60)56(43(30)61)33-5-6-38(58)50-41(33)59/h7,10,14-18,20,23-24,26-28,33H,3-6,8-9,11-13,19,21-22H2,1-2H3,(H,50,58,59)(H,45,46,48,49). The van der Waals surface area contributed by atoms with Gasteiger partial charge in [-0.25, -0.2) is 27.8 Å². The molecule has 2 N–H and O–H groups in total. The minimum Gasteiger partial charge on any atom is -0.366 e. The van der Waals surface area contributed by atoms with Crippen LogP contribution in [0.4, 0.5) is 27.5 Å². The number of carbonyl (C=O) groups is 4. The number of rotatable bonds is 11. The maximum atomic E-state index is 15.7. The van der Waals surface area contributed by atoms with Crippen molar-refractivity contribution in [1.82, 2.24) is 49.0 Å². The zero-order valence-corrected chi connectivity index (χ0v) is 36.0. The van der Waals surface area contributed by atoms with Crippen molar-refractivity contribution >= 4 is 67.7 Å². The Morgan fingerprint density at radius 2 is 1.66 bits per heavy atom. The number of hydrogen-bond donors (Lipinski definition) is 2. The molecule has 0 spiro atoms. The molecule has 12 rings (SSSR count). The monoisotopic (exact) mass is 891 g/mol. The van der Waals surface area contributed by atoms with Gasteiger partial charge in [-0.2, -0.15) is 14.3 Å². The van der Waals surface area contributed by atoms with E-state index in [-0.39, 0.29) is 53.0 Å². The van der Waals surface area contributed by atoms with Crippen LogP contribution in [-0.2, 0) is 19.6 Å². The maximum Gasteiger partial charge on any atom is 0.262 e. The molecule has 1 aromatic carbocycles.